The Balaban J connectivity index is 2.82. The van der Waals surface area contributed by atoms with Crippen LogP contribution in [0.4, 0.5) is 0 Å². The van der Waals surface area contributed by atoms with Crippen molar-refractivity contribution in [3.63, 3.8) is 0 Å². The van der Waals surface area contributed by atoms with Gasteiger partial charge in [-0.25, -0.2) is 0 Å². The van der Waals surface area contributed by atoms with Gasteiger partial charge in [0.2, 0.25) is 0 Å². The second-order valence-corrected chi connectivity index (χ2v) is 5.45. The molecule has 1 atom stereocenters. The number of rotatable bonds is 3. The largest absolute Gasteiger partial charge is 0.347 e. The minimum Gasteiger partial charge on any atom is -0.324 e. The summed E-state index contributed by atoms with van der Waals surface area (Å²) in [5.74, 6) is 2.85. The fraction of sp³-hybridized carbons (Fsp3) is 0.385. The Hall–Kier alpha value is -1.47. The number of benzene rings is 1. The second kappa shape index (κ2) is 5.74. The molecule has 0 amide bonds. The van der Waals surface area contributed by atoms with E-state index in [4.69, 9.17) is 0 Å². The lowest BCUT2D eigenvalue weighted by Gasteiger charge is -2.01. The normalized spacial score (nSPS) is 12.4. The number of aryl methyl sites for hydroxylation is 1. The summed E-state index contributed by atoms with van der Waals surface area (Å²) in [4.78, 5) is 0.126. The summed E-state index contributed by atoms with van der Waals surface area (Å²) in [6, 6.07) is 6.46. The highest BCUT2D eigenvalue weighted by Crippen LogP contribution is 2.12. The summed E-state index contributed by atoms with van der Waals surface area (Å²) < 4.78 is 28.0. The maximum absolute atomic E-state index is 11.7. The first-order valence-corrected chi connectivity index (χ1v) is 6.87. The Bertz CT molecular complexity index is 518. The Morgan fingerprint density at radius 2 is 1.88 bits per heavy atom. The van der Waals surface area contributed by atoms with Gasteiger partial charge in [-0.3, -0.25) is 0 Å². The van der Waals surface area contributed by atoms with E-state index in [1.807, 2.05) is 20.8 Å². The predicted molar refractivity (Wildman–Crippen MR) is 66.7 cm³/mol. The van der Waals surface area contributed by atoms with Gasteiger partial charge in [-0.05, 0) is 25.5 Å². The van der Waals surface area contributed by atoms with Crippen molar-refractivity contribution in [2.24, 2.45) is 5.92 Å². The van der Waals surface area contributed by atoms with Crippen LogP contribution in [0.25, 0.3) is 0 Å². The van der Waals surface area contributed by atoms with Crippen molar-refractivity contribution in [3.05, 3.63) is 29.8 Å². The molecule has 4 heteroatoms. The molecule has 0 N–H and O–H groups in total. The molecule has 3 nitrogen and oxygen atoms in total. The van der Waals surface area contributed by atoms with Crippen molar-refractivity contribution < 1.29 is 12.6 Å². The number of hydrogen-bond donors (Lipinski definition) is 0. The fourth-order valence-corrected chi connectivity index (χ4v) is 1.76. The molecule has 92 valence electrons. The van der Waals surface area contributed by atoms with Crippen molar-refractivity contribution in [1.29, 1.82) is 0 Å². The van der Waals surface area contributed by atoms with Crippen molar-refractivity contribution in [3.8, 4) is 12.0 Å². The molecule has 1 aromatic carbocycles. The first-order chi connectivity index (χ1) is 7.95. The van der Waals surface area contributed by atoms with Crippen LogP contribution in [0.2, 0.25) is 0 Å². The standard InChI is InChI=1S/C13H16O3S/c1-4-11(2)9-10-16-17(14,15)13-7-5-12(3)6-8-13/h5-8,11H,4H2,1-3H3. The average Bonchev–Trinajstić information content (AvgIpc) is 2.29. The summed E-state index contributed by atoms with van der Waals surface area (Å²) in [5.41, 5.74) is 0.995. The number of hydrogen-bond acceptors (Lipinski definition) is 3. The average molecular weight is 252 g/mol. The molecule has 1 aromatic rings. The van der Waals surface area contributed by atoms with Crippen LogP contribution in [0.15, 0.2) is 29.2 Å². The van der Waals surface area contributed by atoms with Crippen LogP contribution in [0.3, 0.4) is 0 Å². The van der Waals surface area contributed by atoms with E-state index in [0.717, 1.165) is 12.0 Å². The monoisotopic (exact) mass is 252 g/mol. The topological polar surface area (TPSA) is 43.4 Å². The maximum atomic E-state index is 11.7. The zero-order valence-corrected chi connectivity index (χ0v) is 11.0. The van der Waals surface area contributed by atoms with E-state index in [1.165, 1.54) is 12.1 Å². The van der Waals surface area contributed by atoms with E-state index >= 15 is 0 Å². The van der Waals surface area contributed by atoms with Crippen LogP contribution in [0.1, 0.15) is 25.8 Å². The second-order valence-electron chi connectivity index (χ2n) is 3.91. The van der Waals surface area contributed by atoms with E-state index < -0.39 is 10.1 Å². The SMILES string of the molecule is CCC(C)C#COS(=O)(=O)c1ccc(C)cc1. The first-order valence-electron chi connectivity index (χ1n) is 5.46. The minimum absolute atomic E-state index is 0.126. The maximum Gasteiger partial charge on any atom is 0.347 e. The molecular formula is C13H16O3S. The smallest absolute Gasteiger partial charge is 0.324 e. The van der Waals surface area contributed by atoms with Gasteiger partial charge in [-0.2, -0.15) is 8.42 Å². The van der Waals surface area contributed by atoms with Crippen molar-refractivity contribution in [2.75, 3.05) is 0 Å². The Morgan fingerprint density at radius 1 is 1.29 bits per heavy atom. The molecule has 0 heterocycles. The van der Waals surface area contributed by atoms with Crippen molar-refractivity contribution in [1.82, 2.24) is 0 Å². The third-order valence-electron chi connectivity index (χ3n) is 2.38. The van der Waals surface area contributed by atoms with Crippen molar-refractivity contribution >= 4 is 10.1 Å². The quantitative estimate of drug-likeness (QED) is 0.613. The summed E-state index contributed by atoms with van der Waals surface area (Å²) in [7, 11) is -3.75. The van der Waals surface area contributed by atoms with Crippen LogP contribution in [0.5, 0.6) is 0 Å². The van der Waals surface area contributed by atoms with E-state index in [2.05, 4.69) is 16.2 Å². The zero-order chi connectivity index (χ0) is 12.9. The third kappa shape index (κ3) is 4.12. The molecule has 1 rings (SSSR count). The molecule has 0 aromatic heterocycles. The van der Waals surface area contributed by atoms with E-state index in [9.17, 15) is 8.42 Å². The van der Waals surface area contributed by atoms with E-state index in [0.29, 0.717) is 0 Å². The molecule has 0 bridgehead atoms. The molecule has 0 fully saturated rings. The molecule has 0 aliphatic heterocycles. The highest BCUT2D eigenvalue weighted by atomic mass is 32.2. The molecule has 1 unspecified atom stereocenters. The summed E-state index contributed by atoms with van der Waals surface area (Å²) in [6.45, 7) is 5.78. The third-order valence-corrected chi connectivity index (χ3v) is 3.53. The highest BCUT2D eigenvalue weighted by Gasteiger charge is 2.13. The van der Waals surface area contributed by atoms with Crippen LogP contribution < -0.4 is 0 Å². The van der Waals surface area contributed by atoms with Gasteiger partial charge < -0.3 is 4.18 Å². The Kier molecular flexibility index (Phi) is 4.59. The summed E-state index contributed by atoms with van der Waals surface area (Å²) in [5, 5.41) is 0. The van der Waals surface area contributed by atoms with Gasteiger partial charge >= 0.3 is 10.1 Å². The van der Waals surface area contributed by atoms with Crippen molar-refractivity contribution in [2.45, 2.75) is 32.1 Å². The van der Waals surface area contributed by atoms with Crippen LogP contribution >= 0.6 is 0 Å². The lowest BCUT2D eigenvalue weighted by atomic mass is 10.1. The molecule has 0 aliphatic carbocycles. The van der Waals surface area contributed by atoms with Gasteiger partial charge in [0.05, 0.1) is 0 Å². The first kappa shape index (κ1) is 13.6. The van der Waals surface area contributed by atoms with Crippen LogP contribution in [-0.4, -0.2) is 8.42 Å². The lowest BCUT2D eigenvalue weighted by Crippen LogP contribution is -2.02. The highest BCUT2D eigenvalue weighted by molar-refractivity contribution is 7.86. The van der Waals surface area contributed by atoms with Gasteiger partial charge in [0.25, 0.3) is 0 Å². The van der Waals surface area contributed by atoms with Gasteiger partial charge in [0, 0.05) is 5.92 Å². The summed E-state index contributed by atoms with van der Waals surface area (Å²) >= 11 is 0. The minimum atomic E-state index is -3.75. The van der Waals surface area contributed by atoms with Crippen LogP contribution in [-0.2, 0) is 14.3 Å². The van der Waals surface area contributed by atoms with E-state index in [1.54, 1.807) is 12.1 Å². The lowest BCUT2D eigenvalue weighted by molar-refractivity contribution is 0.464. The van der Waals surface area contributed by atoms with Crippen LogP contribution in [0, 0.1) is 24.9 Å². The molecule has 0 saturated carbocycles. The fourth-order valence-electron chi connectivity index (χ4n) is 1.03. The molecule has 0 spiro atoms. The Morgan fingerprint density at radius 3 is 2.41 bits per heavy atom. The molecule has 17 heavy (non-hydrogen) atoms. The van der Waals surface area contributed by atoms with E-state index in [-0.39, 0.29) is 10.8 Å². The zero-order valence-electron chi connectivity index (χ0n) is 10.2. The molecule has 0 saturated heterocycles. The van der Waals surface area contributed by atoms with Gasteiger partial charge in [-0.15, -0.1) is 0 Å². The van der Waals surface area contributed by atoms with Gasteiger partial charge in [-0.1, -0.05) is 37.5 Å². The molecular weight excluding hydrogens is 236 g/mol. The Labute approximate surface area is 103 Å². The van der Waals surface area contributed by atoms with Gasteiger partial charge in [0.1, 0.15) is 11.0 Å². The van der Waals surface area contributed by atoms with Gasteiger partial charge in [0.15, 0.2) is 0 Å². The predicted octanol–water partition coefficient (Wildman–Crippen LogP) is 2.71. The summed E-state index contributed by atoms with van der Waals surface area (Å²) in [6.07, 6.45) is 3.11. The molecule has 0 radical (unpaired) electrons. The molecule has 0 aliphatic rings.